The van der Waals surface area contributed by atoms with Crippen molar-refractivity contribution in [2.75, 3.05) is 39.7 Å². The Hall–Kier alpha value is -4.87. The summed E-state index contributed by atoms with van der Waals surface area (Å²) in [5.41, 5.74) is 0.521. The number of carbonyl (C=O) groups excluding carboxylic acids is 1. The zero-order chi connectivity index (χ0) is 34.0. The van der Waals surface area contributed by atoms with Crippen LogP contribution in [0.15, 0.2) is 113 Å². The number of aliphatic imine (C=N–C) groups is 1. The smallest absolute Gasteiger partial charge is 0.252 e. The first kappa shape index (κ1) is 34.5. The van der Waals surface area contributed by atoms with Crippen LogP contribution in [0.1, 0.15) is 35.6 Å². The number of aliphatic hydroxyl groups excluding tert-OH is 1. The quantitative estimate of drug-likeness (QED) is 0.160. The second-order valence-corrected chi connectivity index (χ2v) is 13.4. The van der Waals surface area contributed by atoms with Crippen molar-refractivity contribution in [1.82, 2.24) is 5.32 Å². The Morgan fingerprint density at radius 3 is 2.31 bits per heavy atom. The lowest BCUT2D eigenvalue weighted by atomic mass is 9.85. The highest BCUT2D eigenvalue weighted by Crippen LogP contribution is 2.44. The number of amides is 1. The van der Waals surface area contributed by atoms with Crippen molar-refractivity contribution in [2.24, 2.45) is 4.99 Å². The number of hydrogen-bond acceptors (Lipinski definition) is 9. The van der Waals surface area contributed by atoms with Gasteiger partial charge in [0.25, 0.3) is 5.91 Å². The summed E-state index contributed by atoms with van der Waals surface area (Å²) in [5, 5.41) is 12.1. The van der Waals surface area contributed by atoms with Gasteiger partial charge in [-0.15, -0.1) is 0 Å². The minimum atomic E-state index is -3.79. The van der Waals surface area contributed by atoms with Crippen LogP contribution in [-0.2, 0) is 25.8 Å². The van der Waals surface area contributed by atoms with Crippen LogP contribution in [0.25, 0.3) is 0 Å². The molecule has 0 spiro atoms. The summed E-state index contributed by atoms with van der Waals surface area (Å²) in [6.07, 6.45) is -0.101. The first-order valence-electron chi connectivity index (χ1n) is 15.7. The fraction of sp³-hybridized carbons (Fsp3) is 0.297. The second-order valence-electron chi connectivity index (χ2n) is 11.3. The number of nitrogens with one attached hydrogen (secondary N) is 1. The third-order valence-corrected chi connectivity index (χ3v) is 9.85. The van der Waals surface area contributed by atoms with E-state index < -0.39 is 27.4 Å². The molecule has 2 atom stereocenters. The molecule has 0 bridgehead atoms. The molecule has 0 unspecified atom stereocenters. The van der Waals surface area contributed by atoms with Crippen LogP contribution in [0.4, 0.5) is 0 Å². The van der Waals surface area contributed by atoms with Gasteiger partial charge < -0.3 is 29.4 Å². The van der Waals surface area contributed by atoms with Gasteiger partial charge in [0.1, 0.15) is 17.2 Å². The lowest BCUT2D eigenvalue weighted by Crippen LogP contribution is -2.49. The van der Waals surface area contributed by atoms with Crippen LogP contribution in [0, 0.1) is 0 Å². The zero-order valence-corrected chi connectivity index (χ0v) is 27.8. The molecule has 0 saturated heterocycles. The lowest BCUT2D eigenvalue weighted by Gasteiger charge is -2.30. The zero-order valence-electron chi connectivity index (χ0n) is 27.0. The van der Waals surface area contributed by atoms with E-state index in [1.54, 1.807) is 87.0 Å². The molecule has 11 heteroatoms. The highest BCUT2D eigenvalue weighted by molar-refractivity contribution is 7.91. The molecule has 1 aliphatic rings. The fourth-order valence-corrected chi connectivity index (χ4v) is 6.90. The van der Waals surface area contributed by atoms with Gasteiger partial charge in [-0.25, -0.2) is 13.4 Å². The van der Waals surface area contributed by atoms with E-state index in [-0.39, 0.29) is 36.1 Å². The second kappa shape index (κ2) is 15.8. The standard InChI is InChI=1S/C37H40N2O8S/c1-44-31-11-6-9-27(25-31)19-21-38-36(41)37(20-24-48(42,43)33-13-4-3-5-14-33)34(29-10-7-12-32(26-29)45-2)47-35(39-37)28-15-17-30(18-16-28)46-23-8-22-40/h3-7,9-18,25-26,34,40H,8,19-24H2,1-2H3,(H,38,41)/t34-,37-/m1/s1. The number of sulfone groups is 1. The van der Waals surface area contributed by atoms with Gasteiger partial charge in [-0.3, -0.25) is 4.79 Å². The number of aliphatic hydroxyl groups is 1. The van der Waals surface area contributed by atoms with Crippen LogP contribution in [0.5, 0.6) is 17.2 Å². The molecule has 5 rings (SSSR count). The van der Waals surface area contributed by atoms with Crippen LogP contribution >= 0.6 is 0 Å². The molecule has 48 heavy (non-hydrogen) atoms. The molecule has 10 nitrogen and oxygen atoms in total. The molecule has 0 fully saturated rings. The van der Waals surface area contributed by atoms with Crippen molar-refractivity contribution in [3.63, 3.8) is 0 Å². The molecule has 4 aromatic carbocycles. The number of methoxy groups -OCH3 is 2. The first-order valence-corrected chi connectivity index (χ1v) is 17.4. The number of ether oxygens (including phenoxy) is 4. The maximum absolute atomic E-state index is 14.5. The van der Waals surface area contributed by atoms with Gasteiger partial charge in [-0.05, 0) is 78.2 Å². The number of hydrogen-bond donors (Lipinski definition) is 2. The molecule has 4 aromatic rings. The van der Waals surface area contributed by atoms with Crippen molar-refractivity contribution in [1.29, 1.82) is 0 Å². The molecule has 2 N–H and O–H groups in total. The Morgan fingerprint density at radius 1 is 0.896 bits per heavy atom. The Kier molecular flexibility index (Phi) is 11.4. The molecular weight excluding hydrogens is 632 g/mol. The maximum Gasteiger partial charge on any atom is 0.252 e. The summed E-state index contributed by atoms with van der Waals surface area (Å²) in [7, 11) is -0.641. The van der Waals surface area contributed by atoms with E-state index in [1.807, 2.05) is 30.3 Å². The molecule has 0 saturated carbocycles. The number of carbonyl (C=O) groups is 1. The van der Waals surface area contributed by atoms with Crippen LogP contribution in [-0.4, -0.2) is 70.6 Å². The van der Waals surface area contributed by atoms with E-state index in [0.29, 0.717) is 47.8 Å². The van der Waals surface area contributed by atoms with E-state index >= 15 is 0 Å². The normalized spacial score (nSPS) is 17.2. The molecule has 1 aliphatic heterocycles. The van der Waals surface area contributed by atoms with Crippen molar-refractivity contribution < 1.29 is 37.3 Å². The topological polar surface area (TPSA) is 133 Å². The molecular formula is C37H40N2O8S. The molecule has 0 radical (unpaired) electrons. The van der Waals surface area contributed by atoms with Crippen molar-refractivity contribution in [2.45, 2.75) is 35.8 Å². The predicted molar refractivity (Wildman–Crippen MR) is 183 cm³/mol. The minimum absolute atomic E-state index is 0.0259. The van der Waals surface area contributed by atoms with Gasteiger partial charge in [-0.2, -0.15) is 0 Å². The molecule has 252 valence electrons. The summed E-state index contributed by atoms with van der Waals surface area (Å²) in [5.74, 6) is 1.26. The van der Waals surface area contributed by atoms with Gasteiger partial charge >= 0.3 is 0 Å². The summed E-state index contributed by atoms with van der Waals surface area (Å²) in [6.45, 7) is 0.660. The Morgan fingerprint density at radius 2 is 1.60 bits per heavy atom. The molecule has 1 heterocycles. The van der Waals surface area contributed by atoms with Crippen LogP contribution < -0.4 is 19.5 Å². The Labute approximate surface area is 281 Å². The average molecular weight is 673 g/mol. The van der Waals surface area contributed by atoms with Gasteiger partial charge in [0.2, 0.25) is 5.90 Å². The van der Waals surface area contributed by atoms with Gasteiger partial charge in [-0.1, -0.05) is 42.5 Å². The summed E-state index contributed by atoms with van der Waals surface area (Å²) in [4.78, 5) is 19.6. The fourth-order valence-electron chi connectivity index (χ4n) is 5.51. The van der Waals surface area contributed by atoms with Crippen LogP contribution in [0.2, 0.25) is 0 Å². The summed E-state index contributed by atoms with van der Waals surface area (Å²) < 4.78 is 50.2. The SMILES string of the molecule is COc1cccc(CCNC(=O)[C@]2(CCS(=O)(=O)c3ccccc3)N=C(c3ccc(OCCCO)cc3)O[C@@H]2c2cccc(OC)c2)c1. The van der Waals surface area contributed by atoms with Crippen molar-refractivity contribution >= 4 is 21.6 Å². The highest BCUT2D eigenvalue weighted by Gasteiger charge is 2.53. The van der Waals surface area contributed by atoms with Gasteiger partial charge in [0.15, 0.2) is 21.5 Å². The van der Waals surface area contributed by atoms with Gasteiger partial charge in [0.05, 0.1) is 31.5 Å². The Balaban J connectivity index is 1.52. The molecule has 0 aliphatic carbocycles. The predicted octanol–water partition coefficient (Wildman–Crippen LogP) is 4.94. The van der Waals surface area contributed by atoms with E-state index in [0.717, 1.165) is 5.56 Å². The van der Waals surface area contributed by atoms with E-state index in [9.17, 15) is 13.2 Å². The first-order chi connectivity index (χ1) is 23.3. The number of rotatable bonds is 16. The molecule has 0 aromatic heterocycles. The molecule has 1 amide bonds. The largest absolute Gasteiger partial charge is 0.497 e. The summed E-state index contributed by atoms with van der Waals surface area (Å²) >= 11 is 0. The van der Waals surface area contributed by atoms with Crippen molar-refractivity contribution in [3.8, 4) is 17.2 Å². The van der Waals surface area contributed by atoms with Gasteiger partial charge in [0, 0.05) is 31.6 Å². The maximum atomic E-state index is 14.5. The van der Waals surface area contributed by atoms with E-state index in [1.165, 1.54) is 0 Å². The third kappa shape index (κ3) is 8.15. The third-order valence-electron chi connectivity index (χ3n) is 8.11. The number of nitrogens with zero attached hydrogens (tertiary/aromatic N) is 1. The monoisotopic (exact) mass is 672 g/mol. The number of benzene rings is 4. The summed E-state index contributed by atoms with van der Waals surface area (Å²) in [6, 6.07) is 30.0. The van der Waals surface area contributed by atoms with Crippen LogP contribution in [0.3, 0.4) is 0 Å². The van der Waals surface area contributed by atoms with E-state index in [4.69, 9.17) is 29.0 Å². The van der Waals surface area contributed by atoms with Crippen molar-refractivity contribution in [3.05, 3.63) is 120 Å². The Bertz CT molecular complexity index is 1810. The highest BCUT2D eigenvalue weighted by atomic mass is 32.2. The average Bonchev–Trinajstić information content (AvgIpc) is 3.53. The lowest BCUT2D eigenvalue weighted by molar-refractivity contribution is -0.129. The minimum Gasteiger partial charge on any atom is -0.497 e. The van der Waals surface area contributed by atoms with E-state index in [2.05, 4.69) is 5.32 Å².